The SMILES string of the molecule is c1ccc2cc(-c3nc(-c4ccc(-n5c6ccc7cccc8sc9cccc%10ccc5c(c%109)c6c78)c5ccccc45)nc4ccccc34)ccc2c1. The summed E-state index contributed by atoms with van der Waals surface area (Å²) in [5.74, 6) is 0.726. The van der Waals surface area contributed by atoms with E-state index < -0.39 is 0 Å². The van der Waals surface area contributed by atoms with E-state index in [-0.39, 0.29) is 0 Å². The molecule has 240 valence electrons. The molecular weight excluding hydrogens is 651 g/mol. The van der Waals surface area contributed by atoms with Crippen LogP contribution in [0.1, 0.15) is 0 Å². The third-order valence-corrected chi connectivity index (χ3v) is 12.1. The van der Waals surface area contributed by atoms with Crippen molar-refractivity contribution >= 4 is 96.5 Å². The highest BCUT2D eigenvalue weighted by molar-refractivity contribution is 7.24. The van der Waals surface area contributed by atoms with Crippen molar-refractivity contribution in [3.8, 4) is 28.3 Å². The first-order valence-electron chi connectivity index (χ1n) is 17.7. The minimum absolute atomic E-state index is 0.726. The van der Waals surface area contributed by atoms with Crippen LogP contribution in [-0.4, -0.2) is 14.5 Å². The van der Waals surface area contributed by atoms with Crippen LogP contribution < -0.4 is 0 Å². The highest BCUT2D eigenvalue weighted by Crippen LogP contribution is 2.47. The van der Waals surface area contributed by atoms with Gasteiger partial charge in [0.1, 0.15) is 0 Å². The molecule has 0 N–H and O–H groups in total. The monoisotopic (exact) mass is 677 g/mol. The molecule has 4 heteroatoms. The molecule has 12 rings (SSSR count). The van der Waals surface area contributed by atoms with Gasteiger partial charge in [0.25, 0.3) is 0 Å². The van der Waals surface area contributed by atoms with Gasteiger partial charge in [-0.2, -0.15) is 0 Å². The van der Waals surface area contributed by atoms with E-state index in [2.05, 4.69) is 168 Å². The predicted octanol–water partition coefficient (Wildman–Crippen LogP) is 13.3. The smallest absolute Gasteiger partial charge is 0.161 e. The van der Waals surface area contributed by atoms with Crippen molar-refractivity contribution in [1.29, 1.82) is 0 Å². The molecule has 0 saturated carbocycles. The minimum atomic E-state index is 0.726. The Kier molecular flexibility index (Phi) is 5.65. The van der Waals surface area contributed by atoms with Crippen LogP contribution in [0.5, 0.6) is 0 Å². The average Bonchev–Trinajstić information content (AvgIpc) is 3.46. The number of nitrogens with zero attached hydrogens (tertiary/aromatic N) is 3. The second-order valence-electron chi connectivity index (χ2n) is 13.7. The second kappa shape index (κ2) is 10.5. The van der Waals surface area contributed by atoms with E-state index in [0.717, 1.165) is 50.0 Å². The molecule has 0 amide bonds. The van der Waals surface area contributed by atoms with E-state index in [1.54, 1.807) is 0 Å². The zero-order valence-corrected chi connectivity index (χ0v) is 28.7. The van der Waals surface area contributed by atoms with Crippen molar-refractivity contribution in [3.63, 3.8) is 0 Å². The lowest BCUT2D eigenvalue weighted by Gasteiger charge is -2.16. The Morgan fingerprint density at radius 1 is 0.423 bits per heavy atom. The predicted molar refractivity (Wildman–Crippen MR) is 221 cm³/mol. The molecule has 9 aromatic carbocycles. The third kappa shape index (κ3) is 3.84. The van der Waals surface area contributed by atoms with Crippen molar-refractivity contribution < 1.29 is 0 Å². The Bertz CT molecular complexity index is 3320. The molecule has 3 heterocycles. The van der Waals surface area contributed by atoms with Crippen molar-refractivity contribution in [1.82, 2.24) is 14.5 Å². The van der Waals surface area contributed by atoms with E-state index in [4.69, 9.17) is 9.97 Å². The first-order valence-corrected chi connectivity index (χ1v) is 18.5. The number of aromatic nitrogens is 3. The Hall–Kier alpha value is -6.62. The third-order valence-electron chi connectivity index (χ3n) is 10.9. The van der Waals surface area contributed by atoms with Crippen LogP contribution in [0.2, 0.25) is 0 Å². The van der Waals surface area contributed by atoms with Crippen molar-refractivity contribution in [2.45, 2.75) is 0 Å². The largest absolute Gasteiger partial charge is 0.309 e. The van der Waals surface area contributed by atoms with Gasteiger partial charge >= 0.3 is 0 Å². The number of para-hydroxylation sites is 1. The van der Waals surface area contributed by atoms with Crippen LogP contribution >= 0.6 is 11.3 Å². The maximum Gasteiger partial charge on any atom is 0.161 e. The topological polar surface area (TPSA) is 30.7 Å². The molecule has 0 radical (unpaired) electrons. The molecule has 0 aliphatic carbocycles. The summed E-state index contributed by atoms with van der Waals surface area (Å²) in [6.45, 7) is 0. The fraction of sp³-hybridized carbons (Fsp3) is 0. The molecule has 3 nitrogen and oxygen atoms in total. The van der Waals surface area contributed by atoms with Gasteiger partial charge in [-0.05, 0) is 75.5 Å². The summed E-state index contributed by atoms with van der Waals surface area (Å²) in [5, 5.41) is 13.6. The van der Waals surface area contributed by atoms with Gasteiger partial charge in [-0.15, -0.1) is 11.3 Å². The number of rotatable bonds is 3. The molecule has 0 aliphatic rings. The van der Waals surface area contributed by atoms with E-state index >= 15 is 0 Å². The zero-order valence-electron chi connectivity index (χ0n) is 27.8. The molecule has 12 aromatic rings. The second-order valence-corrected chi connectivity index (χ2v) is 14.8. The fourth-order valence-electron chi connectivity index (χ4n) is 8.65. The van der Waals surface area contributed by atoms with Crippen LogP contribution in [0.4, 0.5) is 0 Å². The van der Waals surface area contributed by atoms with Gasteiger partial charge in [-0.25, -0.2) is 9.97 Å². The van der Waals surface area contributed by atoms with Crippen LogP contribution in [-0.2, 0) is 0 Å². The zero-order chi connectivity index (χ0) is 33.9. The summed E-state index contributed by atoms with van der Waals surface area (Å²) < 4.78 is 5.10. The molecule has 0 fully saturated rings. The van der Waals surface area contributed by atoms with Gasteiger partial charge in [-0.3, -0.25) is 0 Å². The Balaban J connectivity index is 1.15. The molecule has 0 saturated heterocycles. The lowest BCUT2D eigenvalue weighted by Crippen LogP contribution is -1.99. The van der Waals surface area contributed by atoms with Crippen LogP contribution in [0.3, 0.4) is 0 Å². The molecule has 0 unspecified atom stereocenters. The molecule has 52 heavy (non-hydrogen) atoms. The molecule has 0 aliphatic heterocycles. The van der Waals surface area contributed by atoms with E-state index in [1.807, 2.05) is 11.3 Å². The quantitative estimate of drug-likeness (QED) is 0.186. The summed E-state index contributed by atoms with van der Waals surface area (Å²) in [5.41, 5.74) is 7.57. The lowest BCUT2D eigenvalue weighted by molar-refractivity contribution is 1.19. The lowest BCUT2D eigenvalue weighted by atomic mass is 9.99. The van der Waals surface area contributed by atoms with Gasteiger partial charge in [0, 0.05) is 52.8 Å². The summed E-state index contributed by atoms with van der Waals surface area (Å²) in [4.78, 5) is 10.6. The number of fused-ring (bicyclic) bond motifs is 3. The summed E-state index contributed by atoms with van der Waals surface area (Å²) in [6, 6.07) is 59.3. The average molecular weight is 678 g/mol. The van der Waals surface area contributed by atoms with Crippen LogP contribution in [0, 0.1) is 0 Å². The van der Waals surface area contributed by atoms with E-state index in [1.165, 1.54) is 63.5 Å². The maximum absolute atomic E-state index is 5.35. The Labute approximate surface area is 302 Å². The molecule has 0 bridgehead atoms. The highest BCUT2D eigenvalue weighted by atomic mass is 32.1. The first kappa shape index (κ1) is 28.1. The number of benzene rings is 9. The normalized spacial score (nSPS) is 12.2. The molecule has 0 spiro atoms. The van der Waals surface area contributed by atoms with E-state index in [0.29, 0.717) is 0 Å². The number of hydrogen-bond acceptors (Lipinski definition) is 3. The standard InChI is InChI=1S/C48H27N3S/c1-2-10-31-27-32(20-19-28(31)9-1)47-36-15-5-6-16-37(36)49-48(50-47)35-23-26-38(34-14-4-3-13-33(34)35)51-39-24-21-29-11-7-17-41-43(29)45(39)46-40(51)25-22-30-12-8-18-42(52-41)44(30)46/h1-27H. The Morgan fingerprint density at radius 3 is 1.79 bits per heavy atom. The summed E-state index contributed by atoms with van der Waals surface area (Å²) in [7, 11) is 0. The highest BCUT2D eigenvalue weighted by Gasteiger charge is 2.22. The molecular formula is C48H27N3S. The molecule has 3 aromatic heterocycles. The van der Waals surface area contributed by atoms with Gasteiger partial charge in [0.2, 0.25) is 0 Å². The fourth-order valence-corrected chi connectivity index (χ4v) is 9.83. The minimum Gasteiger partial charge on any atom is -0.309 e. The van der Waals surface area contributed by atoms with Gasteiger partial charge in [-0.1, -0.05) is 115 Å². The van der Waals surface area contributed by atoms with Gasteiger partial charge in [0.05, 0.1) is 27.9 Å². The van der Waals surface area contributed by atoms with Crippen LogP contribution in [0.25, 0.3) is 114 Å². The maximum atomic E-state index is 5.35. The van der Waals surface area contributed by atoms with Crippen LogP contribution in [0.15, 0.2) is 164 Å². The molecule has 0 atom stereocenters. The van der Waals surface area contributed by atoms with Crippen molar-refractivity contribution in [2.75, 3.05) is 0 Å². The van der Waals surface area contributed by atoms with E-state index in [9.17, 15) is 0 Å². The van der Waals surface area contributed by atoms with Gasteiger partial charge < -0.3 is 4.57 Å². The summed E-state index contributed by atoms with van der Waals surface area (Å²) >= 11 is 1.89. The number of hydrogen-bond donors (Lipinski definition) is 0. The van der Waals surface area contributed by atoms with Crippen molar-refractivity contribution in [3.05, 3.63) is 164 Å². The van der Waals surface area contributed by atoms with Gasteiger partial charge in [0.15, 0.2) is 5.82 Å². The summed E-state index contributed by atoms with van der Waals surface area (Å²) in [6.07, 6.45) is 0. The first-order chi connectivity index (χ1) is 25.8. The van der Waals surface area contributed by atoms with Crippen molar-refractivity contribution in [2.24, 2.45) is 0 Å². The Morgan fingerprint density at radius 2 is 1.04 bits per heavy atom.